The monoisotopic (exact) mass is 470 g/mol. The number of hydrogen-bond acceptors (Lipinski definition) is 7. The number of para-hydroxylation sites is 1. The van der Waals surface area contributed by atoms with Gasteiger partial charge in [0.2, 0.25) is 0 Å². The second kappa shape index (κ2) is 9.06. The molecule has 35 heavy (non-hydrogen) atoms. The molecule has 1 N–H and O–H groups in total. The average molecular weight is 470 g/mol. The predicted molar refractivity (Wildman–Crippen MR) is 129 cm³/mol. The highest BCUT2D eigenvalue weighted by Gasteiger charge is 2.38. The summed E-state index contributed by atoms with van der Waals surface area (Å²) >= 11 is 0. The quantitative estimate of drug-likeness (QED) is 0.174. The average Bonchev–Trinajstić information content (AvgIpc) is 3.38. The Morgan fingerprint density at radius 3 is 2.54 bits per heavy atom. The number of ether oxygens (including phenoxy) is 2. The molecule has 1 aliphatic carbocycles. The van der Waals surface area contributed by atoms with E-state index in [1.165, 1.54) is 25.3 Å². The van der Waals surface area contributed by atoms with Gasteiger partial charge in [0.05, 0.1) is 23.6 Å². The van der Waals surface area contributed by atoms with Gasteiger partial charge in [0.15, 0.2) is 0 Å². The number of hydrogen-bond donors (Lipinski definition) is 1. The van der Waals surface area contributed by atoms with Crippen molar-refractivity contribution in [2.24, 2.45) is 5.92 Å². The smallest absolute Gasteiger partial charge is 0.343 e. The zero-order chi connectivity index (χ0) is 24.5. The van der Waals surface area contributed by atoms with E-state index in [1.54, 1.807) is 36.4 Å². The summed E-state index contributed by atoms with van der Waals surface area (Å²) in [7, 11) is 1.27. The summed E-state index contributed by atoms with van der Waals surface area (Å²) in [5.74, 6) is -0.728. The lowest BCUT2D eigenvalue weighted by atomic mass is 9.76. The third-order valence-corrected chi connectivity index (χ3v) is 6.56. The number of anilines is 1. The summed E-state index contributed by atoms with van der Waals surface area (Å²) in [5, 5.41) is 14.6. The van der Waals surface area contributed by atoms with Gasteiger partial charge in [-0.15, -0.1) is 0 Å². The van der Waals surface area contributed by atoms with Gasteiger partial charge in [-0.2, -0.15) is 0 Å². The van der Waals surface area contributed by atoms with Gasteiger partial charge in [0, 0.05) is 23.7 Å². The van der Waals surface area contributed by atoms with Gasteiger partial charge in [0.1, 0.15) is 11.3 Å². The Hall–Kier alpha value is -4.46. The van der Waals surface area contributed by atoms with E-state index in [2.05, 4.69) is 17.5 Å². The molecule has 0 spiro atoms. The van der Waals surface area contributed by atoms with E-state index >= 15 is 0 Å². The molecule has 2 aliphatic rings. The molecule has 0 bridgehead atoms. The van der Waals surface area contributed by atoms with Gasteiger partial charge in [0.25, 0.3) is 5.69 Å². The van der Waals surface area contributed by atoms with Crippen molar-refractivity contribution in [2.45, 2.75) is 18.4 Å². The highest BCUT2D eigenvalue weighted by atomic mass is 16.6. The van der Waals surface area contributed by atoms with E-state index in [-0.39, 0.29) is 34.9 Å². The van der Waals surface area contributed by atoms with Crippen LogP contribution in [0.5, 0.6) is 5.75 Å². The number of nitrogens with zero attached hydrogens (tertiary/aromatic N) is 1. The Balaban J connectivity index is 1.42. The molecule has 0 amide bonds. The van der Waals surface area contributed by atoms with E-state index in [9.17, 15) is 19.7 Å². The molecule has 0 fully saturated rings. The van der Waals surface area contributed by atoms with Crippen molar-refractivity contribution in [3.05, 3.63) is 111 Å². The van der Waals surface area contributed by atoms with Crippen molar-refractivity contribution < 1.29 is 24.0 Å². The number of benzene rings is 3. The summed E-state index contributed by atoms with van der Waals surface area (Å²) in [6.45, 7) is 0. The van der Waals surface area contributed by atoms with Crippen LogP contribution in [-0.4, -0.2) is 24.0 Å². The number of nitrogens with one attached hydrogen (secondary N) is 1. The SMILES string of the molecule is COC(=O)c1ccccc1OC(=O)c1ccc2c(c1)[C@H]1C=CC[C@H]1[C@H](c1ccc([N+](=O)[O-])cc1)N2. The van der Waals surface area contributed by atoms with E-state index < -0.39 is 16.9 Å². The molecule has 3 atom stereocenters. The highest BCUT2D eigenvalue weighted by molar-refractivity contribution is 5.96. The van der Waals surface area contributed by atoms with Crippen molar-refractivity contribution in [2.75, 3.05) is 12.4 Å². The minimum Gasteiger partial charge on any atom is -0.465 e. The Morgan fingerprint density at radius 1 is 1.03 bits per heavy atom. The fourth-order valence-electron chi connectivity index (χ4n) is 4.85. The van der Waals surface area contributed by atoms with E-state index in [0.717, 1.165) is 23.2 Å². The summed E-state index contributed by atoms with van der Waals surface area (Å²) in [6, 6.07) is 18.4. The Labute approximate surface area is 201 Å². The van der Waals surface area contributed by atoms with Crippen molar-refractivity contribution in [1.29, 1.82) is 0 Å². The Bertz CT molecular complexity index is 1350. The molecule has 0 saturated heterocycles. The molecule has 1 aliphatic heterocycles. The summed E-state index contributed by atoms with van der Waals surface area (Å²) < 4.78 is 10.3. The molecule has 0 unspecified atom stereocenters. The first-order valence-electron chi connectivity index (χ1n) is 11.2. The summed E-state index contributed by atoms with van der Waals surface area (Å²) in [5.41, 5.74) is 3.46. The third-order valence-electron chi connectivity index (χ3n) is 6.56. The van der Waals surface area contributed by atoms with Gasteiger partial charge in [-0.3, -0.25) is 10.1 Å². The second-order valence-electron chi connectivity index (χ2n) is 8.50. The maximum atomic E-state index is 13.0. The maximum Gasteiger partial charge on any atom is 0.343 e. The van der Waals surface area contributed by atoms with Gasteiger partial charge in [-0.1, -0.05) is 36.4 Å². The number of carbonyl (C=O) groups is 2. The molecular formula is C27H22N2O6. The molecule has 8 nitrogen and oxygen atoms in total. The molecule has 0 aromatic heterocycles. The standard InChI is InChI=1S/C27H22N2O6/c1-34-27(31)21-5-2-3-8-24(21)35-26(30)17-11-14-23-22(15-17)19-6-4-7-20(19)25(28-23)16-9-12-18(13-10-16)29(32)33/h2-6,8-15,19-20,25,28H,7H2,1H3/t19-,20+,25-/m0/s1. The van der Waals surface area contributed by atoms with Gasteiger partial charge in [-0.05, 0) is 53.8 Å². The van der Waals surface area contributed by atoms with E-state index in [0.29, 0.717) is 5.56 Å². The lowest BCUT2D eigenvalue weighted by Gasteiger charge is -2.37. The van der Waals surface area contributed by atoms with Crippen molar-refractivity contribution >= 4 is 23.3 Å². The molecular weight excluding hydrogens is 448 g/mol. The highest BCUT2D eigenvalue weighted by Crippen LogP contribution is 2.50. The maximum absolute atomic E-state index is 13.0. The lowest BCUT2D eigenvalue weighted by molar-refractivity contribution is -0.384. The van der Waals surface area contributed by atoms with E-state index in [1.807, 2.05) is 12.1 Å². The first kappa shape index (κ1) is 22.3. The molecule has 1 heterocycles. The lowest BCUT2D eigenvalue weighted by Crippen LogP contribution is -2.29. The molecule has 3 aromatic carbocycles. The zero-order valence-electron chi connectivity index (χ0n) is 18.8. The topological polar surface area (TPSA) is 108 Å². The number of rotatable bonds is 5. The number of carbonyl (C=O) groups excluding carboxylic acids is 2. The Kier molecular flexibility index (Phi) is 5.78. The summed E-state index contributed by atoms with van der Waals surface area (Å²) in [6.07, 6.45) is 5.12. The summed E-state index contributed by atoms with van der Waals surface area (Å²) in [4.78, 5) is 35.6. The van der Waals surface area contributed by atoms with E-state index in [4.69, 9.17) is 9.47 Å². The number of allylic oxidation sites excluding steroid dienone is 2. The number of non-ortho nitro benzene ring substituents is 1. The molecule has 5 rings (SSSR count). The number of methoxy groups -OCH3 is 1. The third kappa shape index (κ3) is 4.14. The van der Waals surface area contributed by atoms with Crippen LogP contribution in [0.25, 0.3) is 0 Å². The van der Waals surface area contributed by atoms with Crippen LogP contribution in [0.3, 0.4) is 0 Å². The van der Waals surface area contributed by atoms with Gasteiger partial charge in [-0.25, -0.2) is 9.59 Å². The molecule has 0 radical (unpaired) electrons. The van der Waals surface area contributed by atoms with Crippen molar-refractivity contribution in [3.8, 4) is 5.75 Å². The molecule has 8 heteroatoms. The number of nitro groups is 1. The fraction of sp³-hybridized carbons (Fsp3) is 0.185. The number of fused-ring (bicyclic) bond motifs is 3. The number of nitro benzene ring substituents is 1. The van der Waals surface area contributed by atoms with Crippen LogP contribution in [0.1, 0.15) is 50.2 Å². The number of esters is 2. The molecule has 3 aromatic rings. The fourth-order valence-corrected chi connectivity index (χ4v) is 4.85. The first-order valence-corrected chi connectivity index (χ1v) is 11.2. The second-order valence-corrected chi connectivity index (χ2v) is 8.50. The first-order chi connectivity index (χ1) is 17.0. The van der Waals surface area contributed by atoms with Crippen LogP contribution >= 0.6 is 0 Å². The van der Waals surface area contributed by atoms with Crippen molar-refractivity contribution in [1.82, 2.24) is 0 Å². The van der Waals surface area contributed by atoms with Crippen LogP contribution in [-0.2, 0) is 4.74 Å². The minimum atomic E-state index is -0.584. The van der Waals surface area contributed by atoms with Gasteiger partial charge < -0.3 is 14.8 Å². The van der Waals surface area contributed by atoms with Crippen LogP contribution in [0, 0.1) is 16.0 Å². The zero-order valence-corrected chi connectivity index (χ0v) is 18.8. The van der Waals surface area contributed by atoms with Crippen LogP contribution in [0.2, 0.25) is 0 Å². The largest absolute Gasteiger partial charge is 0.465 e. The Morgan fingerprint density at radius 2 is 1.80 bits per heavy atom. The van der Waals surface area contributed by atoms with Gasteiger partial charge >= 0.3 is 11.9 Å². The predicted octanol–water partition coefficient (Wildman–Crippen LogP) is 5.43. The normalized spacial score (nSPS) is 19.7. The molecule has 0 saturated carbocycles. The molecule has 176 valence electrons. The minimum absolute atomic E-state index is 0.0203. The van der Waals surface area contributed by atoms with Crippen LogP contribution in [0.15, 0.2) is 78.9 Å². The van der Waals surface area contributed by atoms with Crippen LogP contribution < -0.4 is 10.1 Å². The van der Waals surface area contributed by atoms with Crippen molar-refractivity contribution in [3.63, 3.8) is 0 Å². The van der Waals surface area contributed by atoms with Crippen LogP contribution in [0.4, 0.5) is 11.4 Å².